The van der Waals surface area contributed by atoms with Crippen molar-refractivity contribution in [1.82, 2.24) is 0 Å². The maximum atomic E-state index is 12.5. The first kappa shape index (κ1) is 13.0. The van der Waals surface area contributed by atoms with E-state index in [4.69, 9.17) is 4.52 Å². The first-order chi connectivity index (χ1) is 7.12. The van der Waals surface area contributed by atoms with Gasteiger partial charge in [0.05, 0.1) is 12.7 Å². The van der Waals surface area contributed by atoms with Crippen molar-refractivity contribution in [3.63, 3.8) is 0 Å². The molecular weight excluding hydrogens is 211 g/mol. The zero-order valence-electron chi connectivity index (χ0n) is 9.61. The smallest absolute Gasteiger partial charge is 0.227 e. The molecule has 0 fully saturated rings. The highest BCUT2D eigenvalue weighted by Gasteiger charge is 2.31. The second-order valence-corrected chi connectivity index (χ2v) is 6.58. The van der Waals surface area contributed by atoms with Gasteiger partial charge in [-0.25, -0.2) is 0 Å². The van der Waals surface area contributed by atoms with Crippen LogP contribution < -0.4 is 0 Å². The number of hydrogen-bond acceptors (Lipinski definition) is 3. The second kappa shape index (κ2) is 5.83. The van der Waals surface area contributed by atoms with Gasteiger partial charge in [-0.1, -0.05) is 19.4 Å². The van der Waals surface area contributed by atoms with Crippen molar-refractivity contribution in [2.24, 2.45) is 0 Å². The van der Waals surface area contributed by atoms with Gasteiger partial charge >= 0.3 is 0 Å². The van der Waals surface area contributed by atoms with Gasteiger partial charge in [-0.3, -0.25) is 4.57 Å². The summed E-state index contributed by atoms with van der Waals surface area (Å²) in [5, 5.41) is 10.3. The van der Waals surface area contributed by atoms with Gasteiger partial charge in [-0.15, -0.1) is 0 Å². The minimum absolute atomic E-state index is 0.351. The number of aliphatic hydroxyl groups excluding tert-OH is 1. The summed E-state index contributed by atoms with van der Waals surface area (Å²) in [5.74, 6) is 0. The maximum absolute atomic E-state index is 12.5. The summed E-state index contributed by atoms with van der Waals surface area (Å²) in [6.07, 6.45) is 5.26. The van der Waals surface area contributed by atoms with Crippen LogP contribution in [0.1, 0.15) is 39.5 Å². The summed E-state index contributed by atoms with van der Waals surface area (Å²) in [4.78, 5) is 0. The van der Waals surface area contributed by atoms with Crippen LogP contribution in [0.3, 0.4) is 0 Å². The topological polar surface area (TPSA) is 46.5 Å². The lowest BCUT2D eigenvalue weighted by Crippen LogP contribution is -2.02. The normalized spacial score (nSPS) is 25.0. The molecule has 0 radical (unpaired) electrons. The Balaban J connectivity index is 2.68. The first-order valence-electron chi connectivity index (χ1n) is 5.73. The van der Waals surface area contributed by atoms with Crippen molar-refractivity contribution in [2.45, 2.75) is 45.6 Å². The second-order valence-electron chi connectivity index (χ2n) is 3.96. The molecule has 15 heavy (non-hydrogen) atoms. The summed E-state index contributed by atoms with van der Waals surface area (Å²) in [7, 11) is -2.62. The van der Waals surface area contributed by atoms with Crippen molar-refractivity contribution in [1.29, 1.82) is 0 Å². The first-order valence-corrected chi connectivity index (χ1v) is 7.54. The predicted molar refractivity (Wildman–Crippen MR) is 62.3 cm³/mol. The van der Waals surface area contributed by atoms with E-state index in [-0.39, 0.29) is 6.10 Å². The maximum Gasteiger partial charge on any atom is 0.227 e. The van der Waals surface area contributed by atoms with Crippen LogP contribution in [0.5, 0.6) is 0 Å². The molecule has 0 aliphatic heterocycles. The van der Waals surface area contributed by atoms with E-state index in [1.54, 1.807) is 0 Å². The molecule has 0 saturated carbocycles. The van der Waals surface area contributed by atoms with Gasteiger partial charge in [0, 0.05) is 17.9 Å². The van der Waals surface area contributed by atoms with E-state index in [1.807, 2.05) is 13.0 Å². The summed E-state index contributed by atoms with van der Waals surface area (Å²) in [6, 6.07) is 0. The molecule has 1 rings (SSSR count). The Morgan fingerprint density at radius 3 is 2.80 bits per heavy atom. The number of aliphatic hydroxyl groups is 1. The molecule has 0 aromatic carbocycles. The summed E-state index contributed by atoms with van der Waals surface area (Å²) in [5.41, 5.74) is 0. The van der Waals surface area contributed by atoms with E-state index in [0.717, 1.165) is 18.2 Å². The van der Waals surface area contributed by atoms with E-state index < -0.39 is 7.37 Å². The molecule has 2 atom stereocenters. The molecule has 0 saturated heterocycles. The highest BCUT2D eigenvalue weighted by Crippen LogP contribution is 2.58. The number of unbranched alkanes of at least 4 members (excludes halogenated alkanes) is 1. The van der Waals surface area contributed by atoms with E-state index in [0.29, 0.717) is 25.6 Å². The Kier molecular flexibility index (Phi) is 5.04. The van der Waals surface area contributed by atoms with Crippen LogP contribution in [0.2, 0.25) is 0 Å². The van der Waals surface area contributed by atoms with Crippen molar-refractivity contribution in [2.75, 3.05) is 12.8 Å². The summed E-state index contributed by atoms with van der Waals surface area (Å²) >= 11 is 0. The quantitative estimate of drug-likeness (QED) is 0.715. The summed E-state index contributed by atoms with van der Waals surface area (Å²) < 4.78 is 18.0. The average Bonchev–Trinajstić information content (AvgIpc) is 2.63. The largest absolute Gasteiger partial charge is 0.392 e. The highest BCUT2D eigenvalue weighted by molar-refractivity contribution is 7.63. The van der Waals surface area contributed by atoms with Crippen LogP contribution in [-0.4, -0.2) is 24.0 Å². The average molecular weight is 232 g/mol. The van der Waals surface area contributed by atoms with Crippen molar-refractivity contribution in [3.05, 3.63) is 11.4 Å². The van der Waals surface area contributed by atoms with Crippen molar-refractivity contribution >= 4 is 7.37 Å². The van der Waals surface area contributed by atoms with Gasteiger partial charge in [-0.05, 0) is 19.8 Å². The zero-order valence-corrected chi connectivity index (χ0v) is 10.5. The molecule has 0 heterocycles. The summed E-state index contributed by atoms with van der Waals surface area (Å²) in [6.45, 7) is 4.42. The third kappa shape index (κ3) is 3.44. The zero-order chi connectivity index (χ0) is 11.3. The van der Waals surface area contributed by atoms with Crippen LogP contribution in [-0.2, 0) is 9.09 Å². The van der Waals surface area contributed by atoms with Crippen LogP contribution in [0.25, 0.3) is 0 Å². The fourth-order valence-corrected chi connectivity index (χ4v) is 4.43. The monoisotopic (exact) mass is 232 g/mol. The minimum atomic E-state index is -2.62. The Bertz CT molecular complexity index is 273. The van der Waals surface area contributed by atoms with Crippen LogP contribution in [0, 0.1) is 0 Å². The van der Waals surface area contributed by atoms with Gasteiger partial charge in [0.1, 0.15) is 0 Å². The standard InChI is InChI=1S/C11H21O3P/c1-3-5-8-15(13,14-4-2)11-7-6-10(12)9-11/h7,10,12H,3-6,8-9H2,1-2H3. The molecule has 88 valence electrons. The Morgan fingerprint density at radius 1 is 1.60 bits per heavy atom. The van der Waals surface area contributed by atoms with Gasteiger partial charge < -0.3 is 9.63 Å². The fraction of sp³-hybridized carbons (Fsp3) is 0.818. The lowest BCUT2D eigenvalue weighted by molar-refractivity contribution is 0.188. The van der Waals surface area contributed by atoms with Crippen molar-refractivity contribution in [3.8, 4) is 0 Å². The van der Waals surface area contributed by atoms with Crippen LogP contribution in [0.15, 0.2) is 11.4 Å². The molecule has 4 heteroatoms. The third-order valence-electron chi connectivity index (χ3n) is 2.65. The molecular formula is C11H21O3P. The molecule has 0 aromatic heterocycles. The van der Waals surface area contributed by atoms with E-state index in [1.165, 1.54) is 0 Å². The fourth-order valence-electron chi connectivity index (χ4n) is 1.82. The Hall–Kier alpha value is -0.110. The molecule has 1 aliphatic carbocycles. The van der Waals surface area contributed by atoms with E-state index in [2.05, 4.69) is 6.92 Å². The molecule has 1 aliphatic rings. The predicted octanol–water partition coefficient (Wildman–Crippen LogP) is 3.14. The Morgan fingerprint density at radius 2 is 2.33 bits per heavy atom. The molecule has 1 N–H and O–H groups in total. The van der Waals surface area contributed by atoms with Gasteiger partial charge in [0.25, 0.3) is 0 Å². The van der Waals surface area contributed by atoms with Crippen molar-refractivity contribution < 1.29 is 14.2 Å². The molecule has 0 bridgehead atoms. The lowest BCUT2D eigenvalue weighted by atomic mass is 10.3. The molecule has 0 amide bonds. The SMILES string of the molecule is CCCCP(=O)(OCC)C1=CCC(O)C1. The van der Waals surface area contributed by atoms with Crippen LogP contribution >= 0.6 is 7.37 Å². The van der Waals surface area contributed by atoms with Gasteiger partial charge in [0.2, 0.25) is 7.37 Å². The molecule has 2 unspecified atom stereocenters. The minimum Gasteiger partial charge on any atom is -0.392 e. The number of hydrogen-bond donors (Lipinski definition) is 1. The van der Waals surface area contributed by atoms with E-state index >= 15 is 0 Å². The lowest BCUT2D eigenvalue weighted by Gasteiger charge is -2.19. The number of rotatable bonds is 6. The van der Waals surface area contributed by atoms with Gasteiger partial charge in [-0.2, -0.15) is 0 Å². The molecule has 0 spiro atoms. The third-order valence-corrected chi connectivity index (χ3v) is 5.47. The molecule has 3 nitrogen and oxygen atoms in total. The highest BCUT2D eigenvalue weighted by atomic mass is 31.2. The molecule has 0 aromatic rings. The Labute approximate surface area is 92.0 Å². The van der Waals surface area contributed by atoms with E-state index in [9.17, 15) is 9.67 Å². The van der Waals surface area contributed by atoms with Crippen LogP contribution in [0.4, 0.5) is 0 Å². The van der Waals surface area contributed by atoms with Gasteiger partial charge in [0.15, 0.2) is 0 Å².